The van der Waals surface area contributed by atoms with E-state index in [0.29, 0.717) is 16.4 Å². The van der Waals surface area contributed by atoms with E-state index in [0.717, 1.165) is 13.0 Å². The van der Waals surface area contributed by atoms with Gasteiger partial charge >= 0.3 is 0 Å². The molecule has 0 spiro atoms. The predicted molar refractivity (Wildman–Crippen MR) is 77.3 cm³/mol. The van der Waals surface area contributed by atoms with Crippen molar-refractivity contribution in [1.29, 1.82) is 0 Å². The first-order valence-corrected chi connectivity index (χ1v) is 7.29. The second-order valence-corrected chi connectivity index (χ2v) is 6.41. The molecule has 3 unspecified atom stereocenters. The second-order valence-electron chi connectivity index (χ2n) is 5.50. The van der Waals surface area contributed by atoms with Crippen LogP contribution in [0.2, 0.25) is 0 Å². The van der Waals surface area contributed by atoms with Gasteiger partial charge in [-0.25, -0.2) is 8.78 Å². The summed E-state index contributed by atoms with van der Waals surface area (Å²) in [5.74, 6) is -0.750. The molecule has 106 valence electrons. The third-order valence-electron chi connectivity index (χ3n) is 3.95. The number of nitrogens with one attached hydrogen (secondary N) is 1. The molecular weight excluding hydrogens is 314 g/mol. The first-order valence-electron chi connectivity index (χ1n) is 6.49. The van der Waals surface area contributed by atoms with Gasteiger partial charge in [-0.15, -0.1) is 0 Å². The molecule has 1 heterocycles. The summed E-state index contributed by atoms with van der Waals surface area (Å²) in [6, 6.07) is 3.08. The highest BCUT2D eigenvalue weighted by Gasteiger charge is 2.29. The average Bonchev–Trinajstić information content (AvgIpc) is 2.29. The maximum absolute atomic E-state index is 13.8. The van der Waals surface area contributed by atoms with Crippen molar-refractivity contribution in [3.8, 4) is 0 Å². The van der Waals surface area contributed by atoms with Gasteiger partial charge in [0, 0.05) is 23.1 Å². The molecule has 19 heavy (non-hydrogen) atoms. The Bertz CT molecular complexity index is 444. The number of hydrogen-bond acceptors (Lipinski definition) is 2. The number of piperidine rings is 1. The van der Waals surface area contributed by atoms with E-state index in [4.69, 9.17) is 0 Å². The summed E-state index contributed by atoms with van der Waals surface area (Å²) in [6.45, 7) is 5.17. The number of nitrogens with zero attached hydrogens (tertiary/aromatic N) is 1. The van der Waals surface area contributed by atoms with Gasteiger partial charge < -0.3 is 10.2 Å². The topological polar surface area (TPSA) is 15.3 Å². The van der Waals surface area contributed by atoms with E-state index in [9.17, 15) is 8.78 Å². The number of hydrogen-bond donors (Lipinski definition) is 1. The van der Waals surface area contributed by atoms with Crippen LogP contribution in [-0.2, 0) is 0 Å². The molecule has 1 aromatic rings. The smallest absolute Gasteiger partial charge is 0.150 e. The van der Waals surface area contributed by atoms with E-state index < -0.39 is 11.6 Å². The summed E-state index contributed by atoms with van der Waals surface area (Å²) in [5, 5.41) is 3.05. The molecule has 0 bridgehead atoms. The molecule has 0 aromatic heterocycles. The van der Waals surface area contributed by atoms with Crippen LogP contribution in [0.1, 0.15) is 20.3 Å². The minimum Gasteiger partial charge on any atom is -0.377 e. The summed E-state index contributed by atoms with van der Waals surface area (Å²) in [4.78, 5) is 2.27. The lowest BCUT2D eigenvalue weighted by molar-refractivity contribution is 0.145. The van der Waals surface area contributed by atoms with Gasteiger partial charge in [0.1, 0.15) is 17.3 Å². The molecule has 0 amide bonds. The van der Waals surface area contributed by atoms with Gasteiger partial charge in [-0.05, 0) is 38.4 Å². The van der Waals surface area contributed by atoms with Crippen molar-refractivity contribution in [2.45, 2.75) is 32.4 Å². The van der Waals surface area contributed by atoms with E-state index in [2.05, 4.69) is 47.0 Å². The van der Waals surface area contributed by atoms with Crippen molar-refractivity contribution >= 4 is 21.6 Å². The maximum Gasteiger partial charge on any atom is 0.150 e. The van der Waals surface area contributed by atoms with Crippen LogP contribution in [0.5, 0.6) is 0 Å². The minimum atomic E-state index is -0.550. The third kappa shape index (κ3) is 3.26. The molecule has 1 aliphatic rings. The van der Waals surface area contributed by atoms with Crippen LogP contribution in [0.3, 0.4) is 0 Å². The van der Waals surface area contributed by atoms with Gasteiger partial charge in [0.25, 0.3) is 0 Å². The van der Waals surface area contributed by atoms with Crippen LogP contribution >= 0.6 is 15.9 Å². The Hall–Kier alpha value is -0.680. The van der Waals surface area contributed by atoms with Gasteiger partial charge in [-0.2, -0.15) is 0 Å². The lowest BCUT2D eigenvalue weighted by Crippen LogP contribution is -2.48. The first kappa shape index (κ1) is 14.7. The fourth-order valence-corrected chi connectivity index (χ4v) is 3.01. The highest BCUT2D eigenvalue weighted by Crippen LogP contribution is 2.29. The molecule has 0 saturated carbocycles. The van der Waals surface area contributed by atoms with E-state index >= 15 is 0 Å². The van der Waals surface area contributed by atoms with Crippen molar-refractivity contribution in [3.63, 3.8) is 0 Å². The largest absolute Gasteiger partial charge is 0.377 e. The highest BCUT2D eigenvalue weighted by atomic mass is 79.9. The van der Waals surface area contributed by atoms with Crippen LogP contribution in [0.15, 0.2) is 16.6 Å². The van der Waals surface area contributed by atoms with Crippen molar-refractivity contribution in [2.75, 3.05) is 18.9 Å². The Morgan fingerprint density at radius 2 is 1.84 bits per heavy atom. The zero-order valence-corrected chi connectivity index (χ0v) is 13.0. The number of halogens is 3. The van der Waals surface area contributed by atoms with Crippen molar-refractivity contribution in [3.05, 3.63) is 28.2 Å². The lowest BCUT2D eigenvalue weighted by Gasteiger charge is -2.40. The number of benzene rings is 1. The fraction of sp³-hybridized carbons (Fsp3) is 0.571. The standard InChI is InChI=1S/C14H19BrF2N2/c1-8-7-19(3)9(2)4-13(8)18-14-11(16)5-10(15)6-12(14)17/h5-6,8-9,13,18H,4,7H2,1-3H3. The summed E-state index contributed by atoms with van der Waals surface area (Å²) in [7, 11) is 2.08. The molecule has 2 nitrogen and oxygen atoms in total. The summed E-state index contributed by atoms with van der Waals surface area (Å²) < 4.78 is 28.1. The van der Waals surface area contributed by atoms with Gasteiger partial charge in [-0.3, -0.25) is 0 Å². The van der Waals surface area contributed by atoms with E-state index in [-0.39, 0.29) is 11.7 Å². The van der Waals surface area contributed by atoms with Crippen LogP contribution in [0, 0.1) is 17.6 Å². The number of anilines is 1. The predicted octanol–water partition coefficient (Wildman–Crippen LogP) is 3.87. The Labute approximate surface area is 121 Å². The first-order chi connectivity index (χ1) is 8.88. The van der Waals surface area contributed by atoms with Gasteiger partial charge in [0.05, 0.1) is 0 Å². The summed E-state index contributed by atoms with van der Waals surface area (Å²) >= 11 is 3.09. The normalized spacial score (nSPS) is 28.4. The number of rotatable bonds is 2. The van der Waals surface area contributed by atoms with Crippen LogP contribution < -0.4 is 5.32 Å². The zero-order chi connectivity index (χ0) is 14.2. The van der Waals surface area contributed by atoms with Gasteiger partial charge in [0.15, 0.2) is 0 Å². The molecule has 1 N–H and O–H groups in total. The van der Waals surface area contributed by atoms with E-state index in [1.165, 1.54) is 12.1 Å². The lowest BCUT2D eigenvalue weighted by atomic mass is 9.89. The second kappa shape index (κ2) is 5.75. The van der Waals surface area contributed by atoms with Crippen LogP contribution in [0.4, 0.5) is 14.5 Å². The summed E-state index contributed by atoms with van der Waals surface area (Å²) in [6.07, 6.45) is 0.882. The molecule has 0 aliphatic carbocycles. The van der Waals surface area contributed by atoms with Gasteiger partial charge in [0.2, 0.25) is 0 Å². The molecular formula is C14H19BrF2N2. The molecule has 3 atom stereocenters. The monoisotopic (exact) mass is 332 g/mol. The zero-order valence-electron chi connectivity index (χ0n) is 11.4. The highest BCUT2D eigenvalue weighted by molar-refractivity contribution is 9.10. The molecule has 2 rings (SSSR count). The molecule has 5 heteroatoms. The van der Waals surface area contributed by atoms with Crippen molar-refractivity contribution in [1.82, 2.24) is 4.90 Å². The SMILES string of the molecule is CC1CN(C)C(C)CC1Nc1c(F)cc(Br)cc1F. The molecule has 1 saturated heterocycles. The Morgan fingerprint density at radius 1 is 1.26 bits per heavy atom. The number of likely N-dealkylation sites (tertiary alicyclic amines) is 1. The fourth-order valence-electron chi connectivity index (χ4n) is 2.61. The van der Waals surface area contributed by atoms with E-state index in [1.54, 1.807) is 0 Å². The summed E-state index contributed by atoms with van der Waals surface area (Å²) in [5.41, 5.74) is -0.0168. The molecule has 1 aromatic carbocycles. The Balaban J connectivity index is 2.17. The van der Waals surface area contributed by atoms with Gasteiger partial charge in [-0.1, -0.05) is 22.9 Å². The minimum absolute atomic E-state index is 0.0168. The van der Waals surface area contributed by atoms with Crippen LogP contribution in [-0.4, -0.2) is 30.6 Å². The quantitative estimate of drug-likeness (QED) is 0.884. The van der Waals surface area contributed by atoms with Crippen molar-refractivity contribution in [2.24, 2.45) is 5.92 Å². The third-order valence-corrected chi connectivity index (χ3v) is 4.40. The molecule has 1 fully saturated rings. The Morgan fingerprint density at radius 3 is 2.42 bits per heavy atom. The molecule has 0 radical (unpaired) electrons. The Kier molecular flexibility index (Phi) is 4.46. The maximum atomic E-state index is 13.8. The van der Waals surface area contributed by atoms with E-state index in [1.807, 2.05) is 0 Å². The average molecular weight is 333 g/mol. The van der Waals surface area contributed by atoms with Crippen LogP contribution in [0.25, 0.3) is 0 Å². The van der Waals surface area contributed by atoms with Crippen molar-refractivity contribution < 1.29 is 8.78 Å². The molecule has 1 aliphatic heterocycles.